The number of carbonyl (C=O) groups is 1. The van der Waals surface area contributed by atoms with E-state index in [0.717, 1.165) is 34.8 Å². The molecule has 1 fully saturated rings. The molecule has 0 N–H and O–H groups in total. The van der Waals surface area contributed by atoms with E-state index in [1.165, 1.54) is 35.5 Å². The Kier molecular flexibility index (Phi) is 25.7. The lowest BCUT2D eigenvalue weighted by molar-refractivity contribution is 0.0974. The lowest BCUT2D eigenvalue weighted by Gasteiger charge is -2.09. The Hall–Kier alpha value is -5.94. The molecular weight excluding hydrogens is 799 g/mol. The van der Waals surface area contributed by atoms with Crippen LogP contribution in [0, 0.1) is 37.0 Å². The molecule has 1 aliphatic carbocycles. The largest absolute Gasteiger partial charge is 0.294 e. The van der Waals surface area contributed by atoms with Crippen LogP contribution >= 0.6 is 0 Å². The highest BCUT2D eigenvalue weighted by Crippen LogP contribution is 2.34. The van der Waals surface area contributed by atoms with E-state index in [9.17, 15) is 4.79 Å². The van der Waals surface area contributed by atoms with Crippen LogP contribution in [-0.4, -0.2) is 35.7 Å². The number of pyridine rings is 6. The average Bonchev–Trinajstić information content (AvgIpc) is 4.12. The molecular formula is C57H77N7O. The summed E-state index contributed by atoms with van der Waals surface area (Å²) in [6.45, 7) is 29.6. The first-order chi connectivity index (χ1) is 30.9. The van der Waals surface area contributed by atoms with Gasteiger partial charge in [-0.05, 0) is 147 Å². The summed E-state index contributed by atoms with van der Waals surface area (Å²) in [5.41, 5.74) is 10.4. The SMILES string of the molecule is CC(C)Cc1ccccn1.CC(C)c1ccccn1.CC(C)c1ncccc1C#N.CC(C)c1ncccc1C(=O)CC1CC1.Cc1ccc(C(C)C)nc1.Cc1cccc(C(C)C)n1. The van der Waals surface area contributed by atoms with Gasteiger partial charge >= 0.3 is 0 Å². The van der Waals surface area contributed by atoms with Crippen molar-refractivity contribution in [2.24, 2.45) is 11.8 Å². The zero-order valence-corrected chi connectivity index (χ0v) is 42.0. The smallest absolute Gasteiger partial charge is 0.164 e. The maximum Gasteiger partial charge on any atom is 0.164 e. The van der Waals surface area contributed by atoms with Crippen LogP contribution in [0.2, 0.25) is 0 Å². The second-order valence-electron chi connectivity index (χ2n) is 18.5. The Morgan fingerprint density at radius 2 is 1.12 bits per heavy atom. The molecule has 0 amide bonds. The van der Waals surface area contributed by atoms with Crippen molar-refractivity contribution in [3.05, 3.63) is 179 Å². The minimum absolute atomic E-state index is 0.273. The number of nitrogens with zero attached hydrogens (tertiary/aromatic N) is 7. The molecule has 8 nitrogen and oxygen atoms in total. The van der Waals surface area contributed by atoms with Crippen LogP contribution in [0.15, 0.2) is 122 Å². The molecule has 0 aromatic carbocycles. The molecule has 65 heavy (non-hydrogen) atoms. The average molecular weight is 876 g/mol. The van der Waals surface area contributed by atoms with Gasteiger partial charge in [0.25, 0.3) is 0 Å². The van der Waals surface area contributed by atoms with Gasteiger partial charge in [-0.15, -0.1) is 0 Å². The summed E-state index contributed by atoms with van der Waals surface area (Å²) in [7, 11) is 0. The van der Waals surface area contributed by atoms with Gasteiger partial charge in [-0.3, -0.25) is 34.7 Å². The molecule has 1 saturated carbocycles. The molecule has 0 saturated heterocycles. The van der Waals surface area contributed by atoms with Gasteiger partial charge in [-0.25, -0.2) is 0 Å². The van der Waals surface area contributed by atoms with E-state index in [2.05, 4.69) is 142 Å². The second kappa shape index (κ2) is 30.2. The third-order valence-electron chi connectivity index (χ3n) is 10.0. The number of aryl methyl sites for hydroxylation is 2. The standard InChI is InChI=1S/C13H17NO.C9H10N2.3C9H13N.C8H11N/c1-9(2)13-11(4-3-7-14-13)12(15)8-10-5-6-10;1-7(2)9-8(6-10)4-3-5-11-9;1-7(2)9-5-4-8(3)6-10-9;1-7(2)9-6-4-5-8(3)10-9;1-8(2)7-9-5-3-4-6-10-9;1-7(2)8-5-3-4-6-9-8/h3-4,7,9-10H,5-6,8H2,1-2H3;3-5,7H,1-2H3;2*4-7H,1-3H3;3-6,8H,7H2,1-2H3;3-7H,1-2H3. The summed E-state index contributed by atoms with van der Waals surface area (Å²) >= 11 is 0. The van der Waals surface area contributed by atoms with Crippen LogP contribution < -0.4 is 0 Å². The van der Waals surface area contributed by atoms with E-state index < -0.39 is 0 Å². The maximum atomic E-state index is 12.0. The van der Waals surface area contributed by atoms with Crippen molar-refractivity contribution < 1.29 is 4.79 Å². The van der Waals surface area contributed by atoms with Crippen LogP contribution in [0.1, 0.15) is 193 Å². The van der Waals surface area contributed by atoms with Gasteiger partial charge in [0.1, 0.15) is 6.07 Å². The van der Waals surface area contributed by atoms with Crippen molar-refractivity contribution in [1.29, 1.82) is 5.26 Å². The zero-order valence-electron chi connectivity index (χ0n) is 42.0. The molecule has 0 bridgehead atoms. The quantitative estimate of drug-likeness (QED) is 0.125. The molecule has 6 aromatic heterocycles. The molecule has 8 heteroatoms. The third-order valence-corrected chi connectivity index (χ3v) is 10.0. The molecule has 7 rings (SSSR count). The predicted octanol–water partition coefficient (Wildman–Crippen LogP) is 14.8. The number of aromatic nitrogens is 6. The van der Waals surface area contributed by atoms with Crippen molar-refractivity contribution in [1.82, 2.24) is 29.9 Å². The lowest BCUT2D eigenvalue weighted by atomic mass is 9.98. The molecule has 6 aromatic rings. The first-order valence-electron chi connectivity index (χ1n) is 23.4. The number of rotatable bonds is 10. The molecule has 346 valence electrons. The molecule has 1 aliphatic rings. The van der Waals surface area contributed by atoms with Crippen LogP contribution in [-0.2, 0) is 6.42 Å². The van der Waals surface area contributed by atoms with Gasteiger partial charge in [0, 0.05) is 71.4 Å². The lowest BCUT2D eigenvalue weighted by Crippen LogP contribution is -2.07. The number of carbonyl (C=O) groups excluding carboxylic acids is 1. The number of hydrogen-bond acceptors (Lipinski definition) is 8. The number of nitriles is 1. The Morgan fingerprint density at radius 1 is 0.569 bits per heavy atom. The van der Waals surface area contributed by atoms with E-state index in [-0.39, 0.29) is 5.78 Å². The van der Waals surface area contributed by atoms with Crippen molar-refractivity contribution in [3.63, 3.8) is 0 Å². The normalized spacial score (nSPS) is 11.4. The van der Waals surface area contributed by atoms with Crippen LogP contribution in [0.5, 0.6) is 0 Å². The summed E-state index contributed by atoms with van der Waals surface area (Å²) < 4.78 is 0. The monoisotopic (exact) mass is 876 g/mol. The number of Topliss-reactive ketones (excluding diaryl/α,β-unsaturated/α-hetero) is 1. The van der Waals surface area contributed by atoms with E-state index in [1.54, 1.807) is 24.5 Å². The minimum atomic E-state index is 0.273. The molecule has 0 radical (unpaired) electrons. The summed E-state index contributed by atoms with van der Waals surface area (Å²) in [4.78, 5) is 37.5. The highest BCUT2D eigenvalue weighted by Gasteiger charge is 2.26. The van der Waals surface area contributed by atoms with E-state index in [1.807, 2.05) is 87.9 Å². The highest BCUT2D eigenvalue weighted by atomic mass is 16.1. The highest BCUT2D eigenvalue weighted by molar-refractivity contribution is 5.97. The van der Waals surface area contributed by atoms with Gasteiger partial charge in [0.15, 0.2) is 5.78 Å². The van der Waals surface area contributed by atoms with Gasteiger partial charge in [0.05, 0.1) is 17.0 Å². The Balaban J connectivity index is 0.000000271. The Bertz CT molecular complexity index is 2240. The van der Waals surface area contributed by atoms with Crippen LogP contribution in [0.3, 0.4) is 0 Å². The van der Waals surface area contributed by atoms with Crippen molar-refractivity contribution in [2.45, 2.75) is 152 Å². The summed E-state index contributed by atoms with van der Waals surface area (Å²) in [6, 6.07) is 31.8. The van der Waals surface area contributed by atoms with Crippen molar-refractivity contribution in [3.8, 4) is 6.07 Å². The summed E-state index contributed by atoms with van der Waals surface area (Å²) in [5, 5.41) is 8.68. The van der Waals surface area contributed by atoms with Gasteiger partial charge < -0.3 is 0 Å². The first kappa shape index (κ1) is 55.2. The van der Waals surface area contributed by atoms with Gasteiger partial charge in [0.2, 0.25) is 0 Å². The van der Waals surface area contributed by atoms with E-state index in [4.69, 9.17) is 5.26 Å². The minimum Gasteiger partial charge on any atom is -0.294 e. The fourth-order valence-corrected chi connectivity index (χ4v) is 6.14. The van der Waals surface area contributed by atoms with E-state index in [0.29, 0.717) is 53.4 Å². The Morgan fingerprint density at radius 3 is 1.55 bits per heavy atom. The van der Waals surface area contributed by atoms with Gasteiger partial charge in [-0.1, -0.05) is 107 Å². The fourth-order valence-electron chi connectivity index (χ4n) is 6.14. The molecule has 0 spiro atoms. The first-order valence-corrected chi connectivity index (χ1v) is 23.4. The number of ketones is 1. The molecule has 0 aliphatic heterocycles. The Labute approximate surface area is 392 Å². The zero-order chi connectivity index (χ0) is 48.3. The molecule has 6 heterocycles. The number of hydrogen-bond donors (Lipinski definition) is 0. The van der Waals surface area contributed by atoms with Gasteiger partial charge in [-0.2, -0.15) is 5.26 Å². The van der Waals surface area contributed by atoms with Crippen LogP contribution in [0.4, 0.5) is 0 Å². The maximum absolute atomic E-state index is 12.0. The predicted molar refractivity (Wildman–Crippen MR) is 270 cm³/mol. The van der Waals surface area contributed by atoms with Crippen molar-refractivity contribution in [2.75, 3.05) is 0 Å². The summed E-state index contributed by atoms with van der Waals surface area (Å²) in [6.07, 6.45) is 13.3. The van der Waals surface area contributed by atoms with E-state index >= 15 is 0 Å². The molecule has 0 unspecified atom stereocenters. The topological polar surface area (TPSA) is 118 Å². The van der Waals surface area contributed by atoms with Crippen LogP contribution in [0.25, 0.3) is 0 Å². The fraction of sp³-hybridized carbons (Fsp3) is 0.439. The summed E-state index contributed by atoms with van der Waals surface area (Å²) in [5.74, 6) is 3.91. The van der Waals surface area contributed by atoms with Crippen molar-refractivity contribution >= 4 is 5.78 Å². The second-order valence-corrected chi connectivity index (χ2v) is 18.5. The molecule has 0 atom stereocenters. The third kappa shape index (κ3) is 23.0.